The average molecular weight is 501 g/mol. The summed E-state index contributed by atoms with van der Waals surface area (Å²) in [6.45, 7) is 2.75. The standard InChI is InChI=1S/C29H32N4O2S/c1-22(17-18-23-11-5-3-6-12-23)30-27(34)21-36-29-32-31-28(25-15-9-10-16-26(25)35-2)33(29)20-19-24-13-7-4-8-14-24/h3-16,22H,17-21H2,1-2H3,(H,30,34)/t22-/m1/s1. The number of nitrogens with one attached hydrogen (secondary N) is 1. The van der Waals surface area contributed by atoms with Gasteiger partial charge in [0.25, 0.3) is 0 Å². The summed E-state index contributed by atoms with van der Waals surface area (Å²) in [4.78, 5) is 12.7. The van der Waals surface area contributed by atoms with Gasteiger partial charge in [0.15, 0.2) is 11.0 Å². The van der Waals surface area contributed by atoms with Gasteiger partial charge in [-0.3, -0.25) is 4.79 Å². The number of rotatable bonds is 12. The molecule has 0 aliphatic rings. The maximum absolute atomic E-state index is 12.7. The molecule has 186 valence electrons. The van der Waals surface area contributed by atoms with Crippen LogP contribution in [0.1, 0.15) is 24.5 Å². The topological polar surface area (TPSA) is 69.0 Å². The van der Waals surface area contributed by atoms with Crippen LogP contribution in [0.25, 0.3) is 11.4 Å². The Morgan fingerprint density at radius 3 is 2.25 bits per heavy atom. The number of amides is 1. The number of hydrogen-bond donors (Lipinski definition) is 1. The molecular formula is C29H32N4O2S. The number of ether oxygens (including phenoxy) is 1. The molecule has 1 atom stereocenters. The molecule has 0 saturated heterocycles. The molecule has 0 aliphatic carbocycles. The van der Waals surface area contributed by atoms with Crippen LogP contribution in [0.15, 0.2) is 90.1 Å². The fourth-order valence-electron chi connectivity index (χ4n) is 4.06. The second kappa shape index (κ2) is 12.9. The van der Waals surface area contributed by atoms with E-state index < -0.39 is 0 Å². The number of carbonyl (C=O) groups excluding carboxylic acids is 1. The van der Waals surface area contributed by atoms with Gasteiger partial charge in [-0.2, -0.15) is 0 Å². The van der Waals surface area contributed by atoms with Crippen molar-refractivity contribution in [3.63, 3.8) is 0 Å². The van der Waals surface area contributed by atoms with Crippen molar-refractivity contribution >= 4 is 17.7 Å². The van der Waals surface area contributed by atoms with E-state index in [0.29, 0.717) is 6.54 Å². The van der Waals surface area contributed by atoms with Gasteiger partial charge in [-0.1, -0.05) is 84.6 Å². The predicted octanol–water partition coefficient (Wildman–Crippen LogP) is 5.43. The Hall–Kier alpha value is -3.58. The highest BCUT2D eigenvalue weighted by Crippen LogP contribution is 2.31. The predicted molar refractivity (Wildman–Crippen MR) is 145 cm³/mol. The van der Waals surface area contributed by atoms with Gasteiger partial charge in [0, 0.05) is 12.6 Å². The first kappa shape index (κ1) is 25.5. The summed E-state index contributed by atoms with van der Waals surface area (Å²) in [6, 6.07) is 28.6. The molecule has 0 saturated carbocycles. The number of aryl methyl sites for hydroxylation is 2. The molecule has 1 amide bonds. The van der Waals surface area contributed by atoms with Crippen molar-refractivity contribution in [1.82, 2.24) is 20.1 Å². The molecule has 1 heterocycles. The average Bonchev–Trinajstić information content (AvgIpc) is 3.33. The summed E-state index contributed by atoms with van der Waals surface area (Å²) in [5.41, 5.74) is 3.40. The van der Waals surface area contributed by atoms with Crippen molar-refractivity contribution in [2.75, 3.05) is 12.9 Å². The Labute approximate surface area is 217 Å². The van der Waals surface area contributed by atoms with Gasteiger partial charge in [-0.25, -0.2) is 0 Å². The number of benzene rings is 3. The van der Waals surface area contributed by atoms with E-state index in [1.807, 2.05) is 67.6 Å². The zero-order chi connectivity index (χ0) is 25.2. The second-order valence-corrected chi connectivity index (χ2v) is 9.62. The first-order valence-electron chi connectivity index (χ1n) is 12.2. The molecule has 0 fully saturated rings. The number of aromatic nitrogens is 3. The molecule has 6 nitrogen and oxygen atoms in total. The molecule has 1 N–H and O–H groups in total. The van der Waals surface area contributed by atoms with E-state index in [1.165, 1.54) is 22.9 Å². The molecule has 4 rings (SSSR count). The summed E-state index contributed by atoms with van der Waals surface area (Å²) in [7, 11) is 1.66. The summed E-state index contributed by atoms with van der Waals surface area (Å²) < 4.78 is 7.66. The van der Waals surface area contributed by atoms with E-state index in [4.69, 9.17) is 4.74 Å². The first-order valence-corrected chi connectivity index (χ1v) is 13.2. The zero-order valence-corrected chi connectivity index (χ0v) is 21.6. The smallest absolute Gasteiger partial charge is 0.230 e. The van der Waals surface area contributed by atoms with E-state index in [9.17, 15) is 4.79 Å². The van der Waals surface area contributed by atoms with Crippen molar-refractivity contribution in [1.29, 1.82) is 0 Å². The van der Waals surface area contributed by atoms with Crippen LogP contribution in [-0.2, 0) is 24.2 Å². The summed E-state index contributed by atoms with van der Waals surface area (Å²) in [5.74, 6) is 1.76. The normalized spacial score (nSPS) is 11.7. The second-order valence-electron chi connectivity index (χ2n) is 8.68. The number of para-hydroxylation sites is 1. The van der Waals surface area contributed by atoms with E-state index >= 15 is 0 Å². The van der Waals surface area contributed by atoms with E-state index in [2.05, 4.69) is 44.3 Å². The van der Waals surface area contributed by atoms with Crippen molar-refractivity contribution in [2.24, 2.45) is 0 Å². The Bertz CT molecular complexity index is 1240. The number of methoxy groups -OCH3 is 1. The van der Waals surface area contributed by atoms with Crippen LogP contribution in [0.4, 0.5) is 0 Å². The van der Waals surface area contributed by atoms with Crippen molar-refractivity contribution in [3.05, 3.63) is 96.1 Å². The van der Waals surface area contributed by atoms with Crippen molar-refractivity contribution < 1.29 is 9.53 Å². The van der Waals surface area contributed by atoms with Gasteiger partial charge in [-0.15, -0.1) is 10.2 Å². The molecular weight excluding hydrogens is 468 g/mol. The number of carbonyl (C=O) groups is 1. The molecule has 0 unspecified atom stereocenters. The van der Waals surface area contributed by atoms with Crippen LogP contribution in [-0.4, -0.2) is 39.6 Å². The molecule has 0 spiro atoms. The maximum Gasteiger partial charge on any atom is 0.230 e. The third-order valence-electron chi connectivity index (χ3n) is 5.98. The van der Waals surface area contributed by atoms with E-state index in [-0.39, 0.29) is 17.7 Å². The summed E-state index contributed by atoms with van der Waals surface area (Å²) >= 11 is 1.41. The molecule has 4 aromatic rings. The van der Waals surface area contributed by atoms with Crippen LogP contribution in [0.5, 0.6) is 5.75 Å². The Morgan fingerprint density at radius 1 is 0.917 bits per heavy atom. The van der Waals surface area contributed by atoms with Crippen molar-refractivity contribution in [3.8, 4) is 17.1 Å². The Kier molecular flexibility index (Phi) is 9.16. The lowest BCUT2D eigenvalue weighted by molar-refractivity contribution is -0.119. The van der Waals surface area contributed by atoms with E-state index in [0.717, 1.165) is 41.6 Å². The lowest BCUT2D eigenvalue weighted by atomic mass is 10.1. The number of nitrogens with zero attached hydrogens (tertiary/aromatic N) is 3. The molecule has 3 aromatic carbocycles. The van der Waals surface area contributed by atoms with E-state index in [1.54, 1.807) is 7.11 Å². The van der Waals surface area contributed by atoms with Crippen molar-refractivity contribution in [2.45, 2.75) is 43.9 Å². The SMILES string of the molecule is COc1ccccc1-c1nnc(SCC(=O)N[C@H](C)CCc2ccccc2)n1CCc1ccccc1. The Balaban J connectivity index is 1.42. The number of thioether (sulfide) groups is 1. The minimum atomic E-state index is -0.00277. The fraction of sp³-hybridized carbons (Fsp3) is 0.276. The van der Waals surface area contributed by atoms with Crippen LogP contribution in [0, 0.1) is 0 Å². The van der Waals surface area contributed by atoms with Crippen LogP contribution >= 0.6 is 11.8 Å². The van der Waals surface area contributed by atoms with Crippen LogP contribution in [0.2, 0.25) is 0 Å². The first-order chi connectivity index (χ1) is 17.6. The molecule has 0 bridgehead atoms. The maximum atomic E-state index is 12.7. The largest absolute Gasteiger partial charge is 0.496 e. The minimum absolute atomic E-state index is 0.00277. The quantitative estimate of drug-likeness (QED) is 0.263. The van der Waals surface area contributed by atoms with Gasteiger partial charge >= 0.3 is 0 Å². The molecule has 7 heteroatoms. The van der Waals surface area contributed by atoms with Gasteiger partial charge < -0.3 is 14.6 Å². The monoisotopic (exact) mass is 500 g/mol. The summed E-state index contributed by atoms with van der Waals surface area (Å²) in [5, 5.41) is 12.8. The Morgan fingerprint density at radius 2 is 1.56 bits per heavy atom. The zero-order valence-electron chi connectivity index (χ0n) is 20.8. The van der Waals surface area contributed by atoms with Gasteiger partial charge in [0.2, 0.25) is 5.91 Å². The summed E-state index contributed by atoms with van der Waals surface area (Å²) in [6.07, 6.45) is 2.66. The highest BCUT2D eigenvalue weighted by atomic mass is 32.2. The van der Waals surface area contributed by atoms with Crippen LogP contribution < -0.4 is 10.1 Å². The van der Waals surface area contributed by atoms with Gasteiger partial charge in [-0.05, 0) is 49.4 Å². The highest BCUT2D eigenvalue weighted by molar-refractivity contribution is 7.99. The fourth-order valence-corrected chi connectivity index (χ4v) is 4.83. The van der Waals surface area contributed by atoms with Gasteiger partial charge in [0.1, 0.15) is 5.75 Å². The third-order valence-corrected chi connectivity index (χ3v) is 6.95. The third kappa shape index (κ3) is 6.98. The van der Waals surface area contributed by atoms with Gasteiger partial charge in [0.05, 0.1) is 18.4 Å². The molecule has 1 aromatic heterocycles. The molecule has 0 radical (unpaired) electrons. The van der Waals surface area contributed by atoms with Crippen LogP contribution in [0.3, 0.4) is 0 Å². The lowest BCUT2D eigenvalue weighted by Gasteiger charge is -2.14. The molecule has 0 aliphatic heterocycles. The molecule has 36 heavy (non-hydrogen) atoms. The minimum Gasteiger partial charge on any atom is -0.496 e. The highest BCUT2D eigenvalue weighted by Gasteiger charge is 2.19. The number of hydrogen-bond acceptors (Lipinski definition) is 5. The lowest BCUT2D eigenvalue weighted by Crippen LogP contribution is -2.34.